The summed E-state index contributed by atoms with van der Waals surface area (Å²) in [5.74, 6) is 0. The normalized spacial score (nSPS) is 12.4. The van der Waals surface area contributed by atoms with Gasteiger partial charge in [0.25, 0.3) is 0 Å². The van der Waals surface area contributed by atoms with E-state index in [0.717, 1.165) is 16.7 Å². The lowest BCUT2D eigenvalue weighted by atomic mass is 10.1. The molecule has 0 bridgehead atoms. The molecule has 2 N–H and O–H groups in total. The first-order valence-electron chi connectivity index (χ1n) is 6.99. The fourth-order valence-electron chi connectivity index (χ4n) is 1.98. The predicted octanol–water partition coefficient (Wildman–Crippen LogP) is 2.49. The van der Waals surface area contributed by atoms with E-state index in [1.165, 1.54) is 0 Å². The molecule has 0 saturated heterocycles. The van der Waals surface area contributed by atoms with Crippen molar-refractivity contribution in [2.45, 2.75) is 65.1 Å². The Kier molecular flexibility index (Phi) is 5.74. The van der Waals surface area contributed by atoms with E-state index in [1.807, 2.05) is 33.8 Å². The van der Waals surface area contributed by atoms with Crippen molar-refractivity contribution in [3.63, 3.8) is 0 Å². The molecular weight excluding hydrogens is 272 g/mol. The number of nitrogens with one attached hydrogen (secondary N) is 2. The maximum Gasteiger partial charge on any atom is 0.241 e. The number of benzene rings is 1. The van der Waals surface area contributed by atoms with Crippen LogP contribution in [0.5, 0.6) is 0 Å². The number of hydrogen-bond donors (Lipinski definition) is 2. The summed E-state index contributed by atoms with van der Waals surface area (Å²) in [6, 6.07) is 4.06. The number of aryl methyl sites for hydroxylation is 1. The van der Waals surface area contributed by atoms with Gasteiger partial charge in [-0.05, 0) is 50.5 Å². The van der Waals surface area contributed by atoms with Crippen LogP contribution in [0.4, 0.5) is 0 Å². The van der Waals surface area contributed by atoms with Crippen molar-refractivity contribution >= 4 is 10.0 Å². The maximum atomic E-state index is 12.4. The second kappa shape index (κ2) is 6.70. The Balaban J connectivity index is 3.19. The highest BCUT2D eigenvalue weighted by Crippen LogP contribution is 2.21. The highest BCUT2D eigenvalue weighted by atomic mass is 32.2. The lowest BCUT2D eigenvalue weighted by Gasteiger charge is -2.16. The minimum atomic E-state index is -3.45. The molecular formula is C15H26N2O2S. The summed E-state index contributed by atoms with van der Waals surface area (Å²) in [6.45, 7) is 12.3. The monoisotopic (exact) mass is 298 g/mol. The summed E-state index contributed by atoms with van der Waals surface area (Å²) in [4.78, 5) is 0.381. The first kappa shape index (κ1) is 17.1. The Morgan fingerprint density at radius 2 is 1.65 bits per heavy atom. The average molecular weight is 298 g/mol. The Bertz CT molecular complexity index is 563. The summed E-state index contributed by atoms with van der Waals surface area (Å²) >= 11 is 0. The van der Waals surface area contributed by atoms with Gasteiger partial charge < -0.3 is 5.32 Å². The van der Waals surface area contributed by atoms with Crippen molar-refractivity contribution in [3.05, 3.63) is 28.8 Å². The molecule has 0 saturated carbocycles. The van der Waals surface area contributed by atoms with Crippen molar-refractivity contribution < 1.29 is 8.42 Å². The third-order valence-corrected chi connectivity index (χ3v) is 4.86. The van der Waals surface area contributed by atoms with Crippen LogP contribution in [-0.2, 0) is 16.6 Å². The van der Waals surface area contributed by atoms with Gasteiger partial charge in [-0.1, -0.05) is 19.9 Å². The average Bonchev–Trinajstić information content (AvgIpc) is 2.28. The summed E-state index contributed by atoms with van der Waals surface area (Å²) in [5, 5.41) is 3.31. The van der Waals surface area contributed by atoms with Gasteiger partial charge in [0.05, 0.1) is 4.90 Å². The zero-order valence-corrected chi connectivity index (χ0v) is 14.1. The fourth-order valence-corrected chi connectivity index (χ4v) is 3.59. The number of rotatable bonds is 6. The quantitative estimate of drug-likeness (QED) is 0.848. The molecule has 1 aromatic rings. The number of hydrogen-bond acceptors (Lipinski definition) is 3. The minimum Gasteiger partial charge on any atom is -0.310 e. The first-order chi connectivity index (χ1) is 9.13. The Hall–Kier alpha value is -0.910. The largest absolute Gasteiger partial charge is 0.310 e. The van der Waals surface area contributed by atoms with Gasteiger partial charge in [-0.3, -0.25) is 0 Å². The molecule has 0 amide bonds. The van der Waals surface area contributed by atoms with Gasteiger partial charge in [0.1, 0.15) is 0 Å². The lowest BCUT2D eigenvalue weighted by Crippen LogP contribution is -2.31. The van der Waals surface area contributed by atoms with Gasteiger partial charge in [0, 0.05) is 18.6 Å². The highest BCUT2D eigenvalue weighted by molar-refractivity contribution is 7.89. The second-order valence-corrected chi connectivity index (χ2v) is 7.53. The van der Waals surface area contributed by atoms with Crippen LogP contribution in [0.25, 0.3) is 0 Å². The maximum absolute atomic E-state index is 12.4. The molecule has 0 spiro atoms. The molecule has 0 aliphatic heterocycles. The third kappa shape index (κ3) is 4.58. The molecule has 1 aromatic carbocycles. The van der Waals surface area contributed by atoms with Crippen LogP contribution in [0.15, 0.2) is 17.0 Å². The van der Waals surface area contributed by atoms with Gasteiger partial charge in [-0.25, -0.2) is 13.1 Å². The molecule has 0 atom stereocenters. The van der Waals surface area contributed by atoms with E-state index in [2.05, 4.69) is 23.9 Å². The molecule has 114 valence electrons. The molecule has 0 fully saturated rings. The van der Waals surface area contributed by atoms with Crippen LogP contribution in [0.1, 0.15) is 44.4 Å². The third-order valence-electron chi connectivity index (χ3n) is 3.07. The SMILES string of the molecule is Cc1cc(CNC(C)C)cc(S(=O)(=O)NC(C)C)c1C. The topological polar surface area (TPSA) is 58.2 Å². The van der Waals surface area contributed by atoms with Crippen LogP contribution >= 0.6 is 0 Å². The molecule has 0 aliphatic carbocycles. The van der Waals surface area contributed by atoms with Crippen LogP contribution < -0.4 is 10.0 Å². The van der Waals surface area contributed by atoms with Crippen LogP contribution in [0.3, 0.4) is 0 Å². The zero-order chi connectivity index (χ0) is 15.5. The van der Waals surface area contributed by atoms with E-state index < -0.39 is 10.0 Å². The number of sulfonamides is 1. The van der Waals surface area contributed by atoms with Crippen molar-refractivity contribution in [2.75, 3.05) is 0 Å². The second-order valence-electron chi connectivity index (χ2n) is 5.85. The van der Waals surface area contributed by atoms with Crippen molar-refractivity contribution in [1.82, 2.24) is 10.0 Å². The highest BCUT2D eigenvalue weighted by Gasteiger charge is 2.19. The van der Waals surface area contributed by atoms with Gasteiger partial charge >= 0.3 is 0 Å². The van der Waals surface area contributed by atoms with Crippen LogP contribution in [-0.4, -0.2) is 20.5 Å². The molecule has 0 unspecified atom stereocenters. The van der Waals surface area contributed by atoms with E-state index >= 15 is 0 Å². The van der Waals surface area contributed by atoms with Crippen LogP contribution in [0, 0.1) is 13.8 Å². The van der Waals surface area contributed by atoms with Gasteiger partial charge in [-0.15, -0.1) is 0 Å². The summed E-state index contributed by atoms with van der Waals surface area (Å²) in [5.41, 5.74) is 2.80. The summed E-state index contributed by atoms with van der Waals surface area (Å²) < 4.78 is 27.4. The molecule has 0 aliphatic rings. The zero-order valence-electron chi connectivity index (χ0n) is 13.2. The summed E-state index contributed by atoms with van der Waals surface area (Å²) in [6.07, 6.45) is 0. The fraction of sp³-hybridized carbons (Fsp3) is 0.600. The predicted molar refractivity (Wildman–Crippen MR) is 83.3 cm³/mol. The van der Waals surface area contributed by atoms with Crippen molar-refractivity contribution in [1.29, 1.82) is 0 Å². The van der Waals surface area contributed by atoms with Gasteiger partial charge in [0.2, 0.25) is 10.0 Å². The van der Waals surface area contributed by atoms with E-state index in [1.54, 1.807) is 6.07 Å². The van der Waals surface area contributed by atoms with E-state index in [0.29, 0.717) is 17.5 Å². The molecule has 5 heteroatoms. The molecule has 0 heterocycles. The molecule has 0 radical (unpaired) electrons. The van der Waals surface area contributed by atoms with E-state index in [-0.39, 0.29) is 6.04 Å². The molecule has 1 rings (SSSR count). The van der Waals surface area contributed by atoms with Crippen molar-refractivity contribution in [2.24, 2.45) is 0 Å². The first-order valence-corrected chi connectivity index (χ1v) is 8.47. The molecule has 20 heavy (non-hydrogen) atoms. The molecule has 0 aromatic heterocycles. The molecule has 4 nitrogen and oxygen atoms in total. The van der Waals surface area contributed by atoms with Gasteiger partial charge in [0.15, 0.2) is 0 Å². The van der Waals surface area contributed by atoms with Gasteiger partial charge in [-0.2, -0.15) is 0 Å². The van der Waals surface area contributed by atoms with Crippen molar-refractivity contribution in [3.8, 4) is 0 Å². The van der Waals surface area contributed by atoms with E-state index in [9.17, 15) is 8.42 Å². The van der Waals surface area contributed by atoms with E-state index in [4.69, 9.17) is 0 Å². The smallest absolute Gasteiger partial charge is 0.241 e. The standard InChI is InChI=1S/C15H26N2O2S/c1-10(2)16-9-14-7-12(5)13(6)15(8-14)20(18,19)17-11(3)4/h7-8,10-11,16-17H,9H2,1-6H3. The summed E-state index contributed by atoms with van der Waals surface area (Å²) in [7, 11) is -3.45. The minimum absolute atomic E-state index is 0.114. The lowest BCUT2D eigenvalue weighted by molar-refractivity contribution is 0.567. The van der Waals surface area contributed by atoms with Crippen LogP contribution in [0.2, 0.25) is 0 Å². The Morgan fingerprint density at radius 3 is 2.15 bits per heavy atom. The Morgan fingerprint density at radius 1 is 1.05 bits per heavy atom. The Labute approximate surface area is 123 Å².